The molecular formula is C18H22BrFNO3+. The van der Waals surface area contributed by atoms with Crippen LogP contribution >= 0.6 is 15.9 Å². The number of halogens is 2. The van der Waals surface area contributed by atoms with Crippen LogP contribution in [0, 0.1) is 5.82 Å². The molecule has 4 nitrogen and oxygen atoms in total. The second kappa shape index (κ2) is 9.61. The van der Waals surface area contributed by atoms with Gasteiger partial charge in [-0.05, 0) is 41.1 Å². The number of hydrogen-bond acceptors (Lipinski definition) is 3. The fourth-order valence-electron chi connectivity index (χ4n) is 2.27. The lowest BCUT2D eigenvalue weighted by atomic mass is 10.2. The van der Waals surface area contributed by atoms with E-state index in [0.717, 1.165) is 16.6 Å². The molecule has 0 saturated heterocycles. The fraction of sp³-hybridized carbons (Fsp3) is 0.333. The third kappa shape index (κ3) is 5.19. The topological polar surface area (TPSA) is 55.3 Å². The monoisotopic (exact) mass is 398 g/mol. The van der Waals surface area contributed by atoms with Gasteiger partial charge in [-0.15, -0.1) is 0 Å². The van der Waals surface area contributed by atoms with Gasteiger partial charge in [0.25, 0.3) is 0 Å². The molecule has 0 atom stereocenters. The predicted molar refractivity (Wildman–Crippen MR) is 93.6 cm³/mol. The van der Waals surface area contributed by atoms with E-state index in [1.807, 2.05) is 24.4 Å². The zero-order chi connectivity index (χ0) is 17.4. The highest BCUT2D eigenvalue weighted by Crippen LogP contribution is 2.37. The number of benzene rings is 2. The molecule has 0 unspecified atom stereocenters. The highest BCUT2D eigenvalue weighted by molar-refractivity contribution is 9.10. The standard InChI is InChI=1S/C18H21BrFNO3/c1-2-23-17-10-13(11-21-7-8-22)9-15(19)18(17)24-12-14-5-3-4-6-16(14)20/h3-6,9-10,21-22H,2,7-8,11-12H2,1H3/p+1. The first kappa shape index (κ1) is 18.7. The number of aliphatic hydroxyl groups is 1. The second-order valence-corrected chi connectivity index (χ2v) is 6.08. The molecule has 0 fully saturated rings. The maximum atomic E-state index is 13.7. The van der Waals surface area contributed by atoms with E-state index in [4.69, 9.17) is 14.6 Å². The Bertz CT molecular complexity index is 667. The van der Waals surface area contributed by atoms with Crippen LogP contribution in [0.4, 0.5) is 4.39 Å². The molecule has 2 rings (SSSR count). The summed E-state index contributed by atoms with van der Waals surface area (Å²) in [6.45, 7) is 4.05. The van der Waals surface area contributed by atoms with E-state index in [9.17, 15) is 4.39 Å². The minimum absolute atomic E-state index is 0.126. The summed E-state index contributed by atoms with van der Waals surface area (Å²) >= 11 is 3.51. The number of rotatable bonds is 9. The summed E-state index contributed by atoms with van der Waals surface area (Å²) in [5.74, 6) is 0.892. The van der Waals surface area contributed by atoms with E-state index in [2.05, 4.69) is 15.9 Å². The molecule has 0 heterocycles. The Hall–Kier alpha value is -1.63. The SMILES string of the molecule is CCOc1cc(C[NH2+]CCO)cc(Br)c1OCc1ccccc1F. The van der Waals surface area contributed by atoms with Crippen molar-refractivity contribution in [3.8, 4) is 11.5 Å². The number of aliphatic hydroxyl groups excluding tert-OH is 1. The van der Waals surface area contributed by atoms with Gasteiger partial charge in [-0.1, -0.05) is 18.2 Å². The first-order valence-corrected chi connectivity index (χ1v) is 8.69. The number of hydrogen-bond donors (Lipinski definition) is 2. The van der Waals surface area contributed by atoms with Crippen LogP contribution in [0.5, 0.6) is 11.5 Å². The molecule has 0 aliphatic carbocycles. The third-order valence-corrected chi connectivity index (χ3v) is 4.00. The van der Waals surface area contributed by atoms with Gasteiger partial charge in [0, 0.05) is 11.1 Å². The molecule has 0 aliphatic heterocycles. The molecule has 0 saturated carbocycles. The van der Waals surface area contributed by atoms with E-state index >= 15 is 0 Å². The molecular weight excluding hydrogens is 377 g/mol. The van der Waals surface area contributed by atoms with Crippen LogP contribution in [0.2, 0.25) is 0 Å². The van der Waals surface area contributed by atoms with Crippen molar-refractivity contribution in [2.45, 2.75) is 20.1 Å². The van der Waals surface area contributed by atoms with Gasteiger partial charge in [-0.2, -0.15) is 0 Å². The molecule has 0 aromatic heterocycles. The zero-order valence-electron chi connectivity index (χ0n) is 13.6. The molecule has 0 spiro atoms. The molecule has 6 heteroatoms. The minimum Gasteiger partial charge on any atom is -0.490 e. The van der Waals surface area contributed by atoms with Gasteiger partial charge in [0.2, 0.25) is 0 Å². The summed E-state index contributed by atoms with van der Waals surface area (Å²) in [6, 6.07) is 10.4. The van der Waals surface area contributed by atoms with Gasteiger partial charge in [-0.3, -0.25) is 0 Å². The van der Waals surface area contributed by atoms with Crippen LogP contribution in [-0.4, -0.2) is 24.9 Å². The summed E-state index contributed by atoms with van der Waals surface area (Å²) in [5.41, 5.74) is 1.55. The summed E-state index contributed by atoms with van der Waals surface area (Å²) in [5, 5.41) is 10.9. The Morgan fingerprint density at radius 2 is 2.00 bits per heavy atom. The van der Waals surface area contributed by atoms with E-state index in [0.29, 0.717) is 30.2 Å². The normalized spacial score (nSPS) is 10.7. The van der Waals surface area contributed by atoms with E-state index in [-0.39, 0.29) is 19.0 Å². The van der Waals surface area contributed by atoms with Crippen LogP contribution < -0.4 is 14.8 Å². The summed E-state index contributed by atoms with van der Waals surface area (Å²) in [6.07, 6.45) is 0. The lowest BCUT2D eigenvalue weighted by molar-refractivity contribution is -0.671. The van der Waals surface area contributed by atoms with Gasteiger partial charge in [0.15, 0.2) is 11.5 Å². The molecule has 3 N–H and O–H groups in total. The Morgan fingerprint density at radius 3 is 2.71 bits per heavy atom. The van der Waals surface area contributed by atoms with E-state index in [1.165, 1.54) is 6.07 Å². The van der Waals surface area contributed by atoms with Gasteiger partial charge in [0.1, 0.15) is 19.0 Å². The Labute approximate surface area is 149 Å². The summed E-state index contributed by atoms with van der Waals surface area (Å²) in [7, 11) is 0. The van der Waals surface area contributed by atoms with Gasteiger partial charge in [-0.25, -0.2) is 4.39 Å². The smallest absolute Gasteiger partial charge is 0.175 e. The van der Waals surface area contributed by atoms with Crippen molar-refractivity contribution in [3.63, 3.8) is 0 Å². The molecule has 0 bridgehead atoms. The van der Waals surface area contributed by atoms with Crippen molar-refractivity contribution in [1.82, 2.24) is 0 Å². The van der Waals surface area contributed by atoms with Crippen LogP contribution in [0.25, 0.3) is 0 Å². The molecule has 0 aliphatic rings. The quantitative estimate of drug-likeness (QED) is 0.638. The first-order valence-electron chi connectivity index (χ1n) is 7.89. The van der Waals surface area contributed by atoms with Crippen molar-refractivity contribution >= 4 is 15.9 Å². The molecule has 0 amide bonds. The van der Waals surface area contributed by atoms with E-state index < -0.39 is 0 Å². The Balaban J connectivity index is 2.16. The van der Waals surface area contributed by atoms with Gasteiger partial charge < -0.3 is 19.9 Å². The van der Waals surface area contributed by atoms with Crippen LogP contribution in [0.3, 0.4) is 0 Å². The number of nitrogens with two attached hydrogens (primary N) is 1. The zero-order valence-corrected chi connectivity index (χ0v) is 15.2. The number of quaternary nitrogens is 1. The van der Waals surface area contributed by atoms with Crippen molar-refractivity contribution in [1.29, 1.82) is 0 Å². The van der Waals surface area contributed by atoms with Crippen molar-refractivity contribution < 1.29 is 24.3 Å². The van der Waals surface area contributed by atoms with Crippen molar-refractivity contribution in [2.75, 3.05) is 19.8 Å². The van der Waals surface area contributed by atoms with Crippen LogP contribution in [0.15, 0.2) is 40.9 Å². The average molecular weight is 399 g/mol. The van der Waals surface area contributed by atoms with Crippen molar-refractivity contribution in [3.05, 3.63) is 57.8 Å². The lowest BCUT2D eigenvalue weighted by Crippen LogP contribution is -2.83. The Morgan fingerprint density at radius 1 is 1.21 bits per heavy atom. The maximum absolute atomic E-state index is 13.7. The molecule has 2 aromatic rings. The van der Waals surface area contributed by atoms with Gasteiger partial charge in [0.05, 0.1) is 24.2 Å². The molecule has 0 radical (unpaired) electrons. The largest absolute Gasteiger partial charge is 0.490 e. The van der Waals surface area contributed by atoms with Crippen molar-refractivity contribution in [2.24, 2.45) is 0 Å². The second-order valence-electron chi connectivity index (χ2n) is 5.22. The van der Waals surface area contributed by atoms with Gasteiger partial charge >= 0.3 is 0 Å². The first-order chi connectivity index (χ1) is 11.7. The van der Waals surface area contributed by atoms with Crippen LogP contribution in [0.1, 0.15) is 18.1 Å². The van der Waals surface area contributed by atoms with Crippen LogP contribution in [-0.2, 0) is 13.2 Å². The third-order valence-electron chi connectivity index (χ3n) is 3.41. The van der Waals surface area contributed by atoms with E-state index in [1.54, 1.807) is 18.2 Å². The highest BCUT2D eigenvalue weighted by atomic mass is 79.9. The number of ether oxygens (including phenoxy) is 2. The summed E-state index contributed by atoms with van der Waals surface area (Å²) < 4.78 is 26.0. The highest BCUT2D eigenvalue weighted by Gasteiger charge is 2.14. The molecule has 130 valence electrons. The average Bonchev–Trinajstić information content (AvgIpc) is 2.56. The summed E-state index contributed by atoms with van der Waals surface area (Å²) in [4.78, 5) is 0. The maximum Gasteiger partial charge on any atom is 0.175 e. The lowest BCUT2D eigenvalue weighted by Gasteiger charge is -2.15. The molecule has 24 heavy (non-hydrogen) atoms. The minimum atomic E-state index is -0.290. The Kier molecular flexibility index (Phi) is 7.49. The predicted octanol–water partition coefficient (Wildman–Crippen LogP) is 2.62. The molecule has 2 aromatic carbocycles. The fourth-order valence-corrected chi connectivity index (χ4v) is 2.87.